The minimum Gasteiger partial charge on any atom is -0.392 e. The van der Waals surface area contributed by atoms with Gasteiger partial charge >= 0.3 is 7.82 Å². The van der Waals surface area contributed by atoms with E-state index >= 15 is 0 Å². The maximum Gasteiger partial charge on any atom is 0.475 e. The van der Waals surface area contributed by atoms with E-state index < -0.39 is 26.1 Å². The second kappa shape index (κ2) is 16.4. The number of phosphoric ester groups is 1. The maximum atomic E-state index is 13.9. The zero-order valence-corrected chi connectivity index (χ0v) is 25.2. The molecule has 2 saturated heterocycles. The number of nitrogens with two attached hydrogens (primary N) is 1. The highest BCUT2D eigenvalue weighted by atomic mass is 31.2. The molecule has 7 unspecified atom stereocenters. The molecule has 12 heteroatoms. The number of carbonyl (C=O) groups is 1. The van der Waals surface area contributed by atoms with Crippen molar-refractivity contribution in [1.82, 2.24) is 0 Å². The molecule has 2 rings (SSSR count). The number of amides is 1. The molecule has 226 valence electrons. The van der Waals surface area contributed by atoms with Gasteiger partial charge in [-0.25, -0.2) is 4.57 Å². The minimum atomic E-state index is -4.12. The van der Waals surface area contributed by atoms with Crippen molar-refractivity contribution in [2.75, 3.05) is 26.4 Å². The Hall–Kier alpha value is -1.09. The standard InChI is InChI=1S/C27H49N2O9P/c1-7-21-17(3)26(31)18(4)24(36-21)16-35-39(32,34-14-10-12-28)38-27-19(5)22(8-2)37-23(20(27)6)15-33-13-9-11-25(29)30/h17-24,26-27,31H,7-11,13-16H2,1-6H3,(H2,29,30)/t17?,18?,19?,20?,21-,22-,23+,24+,26?,27?,39?/m1/s1. The molecule has 1 amide bonds. The van der Waals surface area contributed by atoms with Crippen molar-refractivity contribution < 1.29 is 42.2 Å². The van der Waals surface area contributed by atoms with E-state index in [1.807, 2.05) is 47.6 Å². The summed E-state index contributed by atoms with van der Waals surface area (Å²) < 4.78 is 49.8. The number of ether oxygens (including phenoxy) is 3. The fraction of sp³-hybridized carbons (Fsp3) is 0.926. The molecule has 0 aromatic carbocycles. The molecule has 0 aromatic heterocycles. The van der Waals surface area contributed by atoms with Gasteiger partial charge in [0.15, 0.2) is 0 Å². The second-order valence-corrected chi connectivity index (χ2v) is 12.5. The predicted octanol–water partition coefficient (Wildman–Crippen LogP) is 3.97. The van der Waals surface area contributed by atoms with E-state index in [0.717, 1.165) is 6.42 Å². The first kappa shape index (κ1) is 34.1. The van der Waals surface area contributed by atoms with Crippen LogP contribution >= 0.6 is 7.82 Å². The van der Waals surface area contributed by atoms with Crippen molar-refractivity contribution in [2.45, 2.75) is 110 Å². The third-order valence-corrected chi connectivity index (χ3v) is 9.53. The molecule has 2 aliphatic rings. The molecule has 11 nitrogen and oxygen atoms in total. The summed E-state index contributed by atoms with van der Waals surface area (Å²) in [7, 11) is -4.12. The van der Waals surface area contributed by atoms with Gasteiger partial charge in [0.05, 0.1) is 68.9 Å². The van der Waals surface area contributed by atoms with E-state index in [4.69, 9.17) is 38.8 Å². The number of hydrogen-bond acceptors (Lipinski definition) is 10. The monoisotopic (exact) mass is 576 g/mol. The summed E-state index contributed by atoms with van der Waals surface area (Å²) in [5.41, 5.74) is 5.19. The van der Waals surface area contributed by atoms with Gasteiger partial charge in [0, 0.05) is 36.7 Å². The van der Waals surface area contributed by atoms with Gasteiger partial charge in [-0.05, 0) is 19.3 Å². The lowest BCUT2D eigenvalue weighted by molar-refractivity contribution is -0.185. The van der Waals surface area contributed by atoms with Gasteiger partial charge in [-0.15, -0.1) is 0 Å². The van der Waals surface area contributed by atoms with E-state index in [1.54, 1.807) is 0 Å². The second-order valence-electron chi connectivity index (χ2n) is 10.9. The fourth-order valence-electron chi connectivity index (χ4n) is 5.44. The molecule has 0 spiro atoms. The van der Waals surface area contributed by atoms with Crippen LogP contribution in [0.5, 0.6) is 0 Å². The van der Waals surface area contributed by atoms with E-state index in [2.05, 4.69) is 0 Å². The van der Waals surface area contributed by atoms with Gasteiger partial charge in [0.1, 0.15) is 0 Å². The van der Waals surface area contributed by atoms with Gasteiger partial charge in [0.2, 0.25) is 5.91 Å². The average Bonchev–Trinajstić information content (AvgIpc) is 2.90. The number of nitriles is 1. The Morgan fingerprint density at radius 2 is 1.49 bits per heavy atom. The Balaban J connectivity index is 2.14. The van der Waals surface area contributed by atoms with E-state index in [1.165, 1.54) is 0 Å². The minimum absolute atomic E-state index is 0.0268. The first-order chi connectivity index (χ1) is 18.5. The normalized spacial score (nSPS) is 36.7. The zero-order valence-electron chi connectivity index (χ0n) is 24.3. The van der Waals surface area contributed by atoms with Gasteiger partial charge < -0.3 is 25.1 Å². The molecule has 0 aromatic rings. The van der Waals surface area contributed by atoms with Crippen LogP contribution in [-0.2, 0) is 37.1 Å². The van der Waals surface area contributed by atoms with Gasteiger partial charge in [0.25, 0.3) is 0 Å². The van der Waals surface area contributed by atoms with Crippen molar-refractivity contribution in [3.05, 3.63) is 0 Å². The molecule has 11 atom stereocenters. The molecule has 39 heavy (non-hydrogen) atoms. The van der Waals surface area contributed by atoms with Crippen molar-refractivity contribution in [3.8, 4) is 6.07 Å². The van der Waals surface area contributed by atoms with Crippen LogP contribution in [0.25, 0.3) is 0 Å². The van der Waals surface area contributed by atoms with E-state index in [-0.39, 0.29) is 80.6 Å². The number of aliphatic hydroxyl groups is 1. The summed E-state index contributed by atoms with van der Waals surface area (Å²) in [5, 5.41) is 19.7. The fourth-order valence-corrected chi connectivity index (χ4v) is 6.96. The van der Waals surface area contributed by atoms with Gasteiger partial charge in [-0.1, -0.05) is 41.5 Å². The molecule has 0 bridgehead atoms. The number of hydrogen-bond donors (Lipinski definition) is 2. The Labute approximate surface area is 233 Å². The lowest BCUT2D eigenvalue weighted by Crippen LogP contribution is -2.51. The quantitative estimate of drug-likeness (QED) is 0.203. The van der Waals surface area contributed by atoms with E-state index in [0.29, 0.717) is 19.4 Å². The van der Waals surface area contributed by atoms with Crippen molar-refractivity contribution in [2.24, 2.45) is 29.4 Å². The van der Waals surface area contributed by atoms with Crippen LogP contribution in [0.2, 0.25) is 0 Å². The highest BCUT2D eigenvalue weighted by Crippen LogP contribution is 2.54. The van der Waals surface area contributed by atoms with Crippen molar-refractivity contribution >= 4 is 13.7 Å². The third-order valence-electron chi connectivity index (χ3n) is 8.07. The highest BCUT2D eigenvalue weighted by molar-refractivity contribution is 7.48. The van der Waals surface area contributed by atoms with Crippen LogP contribution in [0.1, 0.15) is 73.6 Å². The number of carbonyl (C=O) groups excluding carboxylic acids is 1. The summed E-state index contributed by atoms with van der Waals surface area (Å²) in [6.45, 7) is 12.2. The predicted molar refractivity (Wildman–Crippen MR) is 144 cm³/mol. The Morgan fingerprint density at radius 1 is 0.923 bits per heavy atom. The van der Waals surface area contributed by atoms with Crippen molar-refractivity contribution in [1.29, 1.82) is 5.26 Å². The molecule has 0 radical (unpaired) electrons. The highest BCUT2D eigenvalue weighted by Gasteiger charge is 2.47. The molecular formula is C27H49N2O9P. The summed E-state index contributed by atoms with van der Waals surface area (Å²) in [6, 6.07) is 1.98. The number of phosphoric acid groups is 1. The Morgan fingerprint density at radius 3 is 2.08 bits per heavy atom. The van der Waals surface area contributed by atoms with Crippen LogP contribution in [0.3, 0.4) is 0 Å². The molecule has 0 saturated carbocycles. The Bertz CT molecular complexity index is 839. The first-order valence-electron chi connectivity index (χ1n) is 14.3. The average molecular weight is 577 g/mol. The number of aliphatic hydroxyl groups excluding tert-OH is 1. The van der Waals surface area contributed by atoms with Crippen LogP contribution in [-0.4, -0.2) is 74.1 Å². The molecule has 2 aliphatic heterocycles. The smallest absolute Gasteiger partial charge is 0.392 e. The lowest BCUT2D eigenvalue weighted by atomic mass is 9.82. The van der Waals surface area contributed by atoms with Crippen molar-refractivity contribution in [3.63, 3.8) is 0 Å². The summed E-state index contributed by atoms with van der Waals surface area (Å²) >= 11 is 0. The topological polar surface area (TPSA) is 160 Å². The summed E-state index contributed by atoms with van der Waals surface area (Å²) in [4.78, 5) is 11.0. The van der Waals surface area contributed by atoms with Crippen LogP contribution in [0, 0.1) is 35.0 Å². The van der Waals surface area contributed by atoms with Crippen LogP contribution in [0.4, 0.5) is 0 Å². The number of nitrogens with zero attached hydrogens (tertiary/aromatic N) is 1. The first-order valence-corrected chi connectivity index (χ1v) is 15.7. The van der Waals surface area contributed by atoms with Gasteiger partial charge in [-0.3, -0.25) is 18.4 Å². The largest absolute Gasteiger partial charge is 0.475 e. The SMILES string of the molecule is CC[C@H]1O[C@@H](COP(=O)(OCCC#N)OC2C(C)[C@H](COCCCC(N)=O)O[C@H](CC)C2C)C(C)C(O)C1C. The van der Waals surface area contributed by atoms with Crippen LogP contribution in [0.15, 0.2) is 0 Å². The molecule has 2 heterocycles. The lowest BCUT2D eigenvalue weighted by Gasteiger charge is -2.45. The summed E-state index contributed by atoms with van der Waals surface area (Å²) in [5.74, 6) is -0.974. The molecule has 3 N–H and O–H groups in total. The third kappa shape index (κ3) is 9.75. The number of primary amides is 1. The molecular weight excluding hydrogens is 527 g/mol. The van der Waals surface area contributed by atoms with Crippen LogP contribution < -0.4 is 5.73 Å². The molecule has 2 fully saturated rings. The number of rotatable bonds is 16. The van der Waals surface area contributed by atoms with E-state index in [9.17, 15) is 14.5 Å². The summed E-state index contributed by atoms with van der Waals surface area (Å²) in [6.07, 6.45) is -0.00239. The zero-order chi connectivity index (χ0) is 29.2. The maximum absolute atomic E-state index is 13.9. The van der Waals surface area contributed by atoms with Gasteiger partial charge in [-0.2, -0.15) is 5.26 Å². The Kier molecular flexibility index (Phi) is 14.3. The molecule has 0 aliphatic carbocycles.